The number of hydrogen-bond donors (Lipinski definition) is 0. The molecule has 0 amide bonds. The third kappa shape index (κ3) is 6.37. The van der Waals surface area contributed by atoms with Crippen molar-refractivity contribution in [2.75, 3.05) is 14.7 Å². The number of rotatable bonds is 9. The third-order valence-electron chi connectivity index (χ3n) is 11.3. The highest BCUT2D eigenvalue weighted by molar-refractivity contribution is 6.16. The van der Waals surface area contributed by atoms with Crippen LogP contribution in [0.15, 0.2) is 241 Å². The van der Waals surface area contributed by atoms with Crippen LogP contribution in [0.1, 0.15) is 0 Å². The number of nitrogens with zero attached hydrogens (tertiary/aromatic N) is 3. The molecule has 0 unspecified atom stereocenters. The molecule has 1 heterocycles. The molecule has 1 aromatic heterocycles. The van der Waals surface area contributed by atoms with Crippen molar-refractivity contribution < 1.29 is 4.42 Å². The molecule has 10 aromatic carbocycles. The van der Waals surface area contributed by atoms with Crippen molar-refractivity contribution in [3.05, 3.63) is 237 Å². The summed E-state index contributed by atoms with van der Waals surface area (Å²) in [7, 11) is 0. The van der Waals surface area contributed by atoms with Gasteiger partial charge in [0.15, 0.2) is 0 Å². The summed E-state index contributed by atoms with van der Waals surface area (Å²) in [6.07, 6.45) is 0. The monoisotopic (exact) mass is 769 g/mol. The van der Waals surface area contributed by atoms with Crippen molar-refractivity contribution in [1.29, 1.82) is 0 Å². The highest BCUT2D eigenvalue weighted by Gasteiger charge is 2.19. The molecule has 0 N–H and O–H groups in total. The van der Waals surface area contributed by atoms with Gasteiger partial charge < -0.3 is 19.1 Å². The van der Waals surface area contributed by atoms with Crippen LogP contribution in [0.25, 0.3) is 43.5 Å². The first kappa shape index (κ1) is 35.1. The lowest BCUT2D eigenvalue weighted by molar-refractivity contribution is 0.669. The van der Waals surface area contributed by atoms with Gasteiger partial charge in [0.1, 0.15) is 11.2 Å². The lowest BCUT2D eigenvalue weighted by atomic mass is 9.99. The molecular formula is C56H39N3O. The lowest BCUT2D eigenvalue weighted by Crippen LogP contribution is -2.13. The van der Waals surface area contributed by atoms with Gasteiger partial charge in [0.2, 0.25) is 0 Å². The molecule has 0 fully saturated rings. The summed E-state index contributed by atoms with van der Waals surface area (Å²) in [5.41, 5.74) is 11.5. The Balaban J connectivity index is 0.996. The largest absolute Gasteiger partial charge is 0.456 e. The second kappa shape index (κ2) is 15.0. The first-order chi connectivity index (χ1) is 29.7. The molecule has 0 saturated carbocycles. The van der Waals surface area contributed by atoms with Crippen LogP contribution in [-0.2, 0) is 0 Å². The first-order valence-electron chi connectivity index (χ1n) is 20.3. The molecule has 0 saturated heterocycles. The molecule has 0 spiro atoms. The SMILES string of the molecule is c1ccc(N(c2ccccc2)c2cccc(N(c3ccccc3)c3ccc(N(c4ccccc4)c4ccc5c(ccc6cc7oc8ccccc8c7cc65)c4)cc3)c2)cc1. The van der Waals surface area contributed by atoms with Gasteiger partial charge in [-0.15, -0.1) is 0 Å². The molecule has 0 aliphatic heterocycles. The number of para-hydroxylation sites is 5. The van der Waals surface area contributed by atoms with Gasteiger partial charge in [-0.25, -0.2) is 0 Å². The minimum atomic E-state index is 0.914. The van der Waals surface area contributed by atoms with Gasteiger partial charge in [-0.1, -0.05) is 115 Å². The van der Waals surface area contributed by atoms with E-state index in [4.69, 9.17) is 4.42 Å². The predicted octanol–water partition coefficient (Wildman–Crippen LogP) is 16.3. The van der Waals surface area contributed by atoms with Crippen molar-refractivity contribution >= 4 is 94.7 Å². The van der Waals surface area contributed by atoms with E-state index in [-0.39, 0.29) is 0 Å². The van der Waals surface area contributed by atoms with Gasteiger partial charge in [-0.2, -0.15) is 0 Å². The number of anilines is 9. The Labute approximate surface area is 349 Å². The van der Waals surface area contributed by atoms with Crippen LogP contribution in [0.5, 0.6) is 0 Å². The quantitative estimate of drug-likeness (QED) is 0.136. The van der Waals surface area contributed by atoms with E-state index in [9.17, 15) is 0 Å². The van der Waals surface area contributed by atoms with E-state index in [0.717, 1.165) is 73.1 Å². The molecule has 60 heavy (non-hydrogen) atoms. The van der Waals surface area contributed by atoms with Gasteiger partial charge in [0.05, 0.1) is 0 Å². The molecule has 11 aromatic rings. The molecule has 0 aliphatic carbocycles. The lowest BCUT2D eigenvalue weighted by Gasteiger charge is -2.30. The van der Waals surface area contributed by atoms with E-state index in [1.807, 2.05) is 12.1 Å². The summed E-state index contributed by atoms with van der Waals surface area (Å²) in [6.45, 7) is 0. The number of furan rings is 1. The Hall–Kier alpha value is -8.08. The average molecular weight is 770 g/mol. The Morgan fingerprint density at radius 2 is 0.617 bits per heavy atom. The van der Waals surface area contributed by atoms with Crippen molar-refractivity contribution in [1.82, 2.24) is 0 Å². The summed E-state index contributed by atoms with van der Waals surface area (Å²) >= 11 is 0. The zero-order valence-corrected chi connectivity index (χ0v) is 32.8. The Morgan fingerprint density at radius 1 is 0.217 bits per heavy atom. The fourth-order valence-corrected chi connectivity index (χ4v) is 8.58. The van der Waals surface area contributed by atoms with Crippen LogP contribution >= 0.6 is 0 Å². The van der Waals surface area contributed by atoms with Gasteiger partial charge in [-0.05, 0) is 143 Å². The van der Waals surface area contributed by atoms with Gasteiger partial charge in [-0.3, -0.25) is 0 Å². The molecule has 0 radical (unpaired) electrons. The molecule has 0 bridgehead atoms. The minimum absolute atomic E-state index is 0.914. The summed E-state index contributed by atoms with van der Waals surface area (Å²) in [4.78, 5) is 6.97. The van der Waals surface area contributed by atoms with E-state index >= 15 is 0 Å². The predicted molar refractivity (Wildman–Crippen MR) is 253 cm³/mol. The summed E-state index contributed by atoms with van der Waals surface area (Å²) in [5.74, 6) is 0. The maximum Gasteiger partial charge on any atom is 0.136 e. The van der Waals surface area contributed by atoms with Gasteiger partial charge in [0.25, 0.3) is 0 Å². The molecule has 284 valence electrons. The minimum Gasteiger partial charge on any atom is -0.456 e. The van der Waals surface area contributed by atoms with E-state index in [0.29, 0.717) is 0 Å². The summed E-state index contributed by atoms with van der Waals surface area (Å²) in [5, 5.41) is 7.06. The molecule has 0 atom stereocenters. The Kier molecular flexibility index (Phi) is 8.79. The zero-order valence-electron chi connectivity index (χ0n) is 32.8. The second-order valence-corrected chi connectivity index (χ2v) is 15.0. The molecule has 4 nitrogen and oxygen atoms in total. The highest BCUT2D eigenvalue weighted by atomic mass is 16.3. The second-order valence-electron chi connectivity index (χ2n) is 15.0. The van der Waals surface area contributed by atoms with E-state index in [1.54, 1.807) is 0 Å². The summed E-state index contributed by atoms with van der Waals surface area (Å²) in [6, 6.07) is 84.0. The Morgan fingerprint density at radius 3 is 1.13 bits per heavy atom. The van der Waals surface area contributed by atoms with Crippen molar-refractivity contribution in [3.63, 3.8) is 0 Å². The highest BCUT2D eigenvalue weighted by Crippen LogP contribution is 2.43. The van der Waals surface area contributed by atoms with E-state index < -0.39 is 0 Å². The van der Waals surface area contributed by atoms with Crippen LogP contribution < -0.4 is 14.7 Å². The van der Waals surface area contributed by atoms with Crippen LogP contribution in [-0.4, -0.2) is 0 Å². The van der Waals surface area contributed by atoms with Crippen LogP contribution in [0.2, 0.25) is 0 Å². The number of hydrogen-bond acceptors (Lipinski definition) is 4. The smallest absolute Gasteiger partial charge is 0.136 e. The fraction of sp³-hybridized carbons (Fsp3) is 0. The maximum atomic E-state index is 6.23. The van der Waals surface area contributed by atoms with Crippen LogP contribution in [0.4, 0.5) is 51.2 Å². The standard InChI is InChI=1S/C56H39N3O/c1-5-16-42(17-6-1)57(43-18-7-2-8-19-43)48-24-15-25-49(38-48)58(44-20-9-3-10-21-44)46-30-32-47(33-31-46)59(45-22-11-4-12-23-45)50-34-35-51-40(36-50)28-29-41-37-56-54(39-53(41)51)52-26-13-14-27-55(52)60-56/h1-39H. The van der Waals surface area contributed by atoms with Crippen molar-refractivity contribution in [2.24, 2.45) is 0 Å². The average Bonchev–Trinajstić information content (AvgIpc) is 3.68. The van der Waals surface area contributed by atoms with E-state index in [2.05, 4.69) is 239 Å². The third-order valence-corrected chi connectivity index (χ3v) is 11.3. The molecule has 4 heteroatoms. The van der Waals surface area contributed by atoms with Crippen LogP contribution in [0, 0.1) is 0 Å². The normalized spacial score (nSPS) is 11.3. The Bertz CT molecular complexity index is 3220. The van der Waals surface area contributed by atoms with E-state index in [1.165, 1.54) is 21.5 Å². The molecular weight excluding hydrogens is 731 g/mol. The van der Waals surface area contributed by atoms with Crippen LogP contribution in [0.3, 0.4) is 0 Å². The van der Waals surface area contributed by atoms with Gasteiger partial charge in [0, 0.05) is 62.0 Å². The topological polar surface area (TPSA) is 22.9 Å². The number of benzene rings is 10. The van der Waals surface area contributed by atoms with Gasteiger partial charge >= 0.3 is 0 Å². The molecule has 0 aliphatic rings. The van der Waals surface area contributed by atoms with Crippen molar-refractivity contribution in [2.45, 2.75) is 0 Å². The fourth-order valence-electron chi connectivity index (χ4n) is 8.58. The molecule has 11 rings (SSSR count). The zero-order chi connectivity index (χ0) is 39.8. The van der Waals surface area contributed by atoms with Crippen molar-refractivity contribution in [3.8, 4) is 0 Å². The maximum absolute atomic E-state index is 6.23. The first-order valence-corrected chi connectivity index (χ1v) is 20.3. The summed E-state index contributed by atoms with van der Waals surface area (Å²) < 4.78 is 6.23. The number of fused-ring (bicyclic) bond motifs is 6.